The van der Waals surface area contributed by atoms with Crippen molar-refractivity contribution < 1.29 is 28.6 Å². The van der Waals surface area contributed by atoms with Crippen LogP contribution >= 0.6 is 7.92 Å². The Morgan fingerprint density at radius 3 is 1.08 bits per heavy atom. The maximum Gasteiger partial charge on any atom is 0.308 e. The lowest BCUT2D eigenvalue weighted by molar-refractivity contribution is -0.146. The van der Waals surface area contributed by atoms with Crippen molar-refractivity contribution >= 4 is 25.8 Å². The minimum atomic E-state index is -1.08. The van der Waals surface area contributed by atoms with Crippen LogP contribution in [0.3, 0.4) is 0 Å². The molecule has 7 heteroatoms. The molecule has 0 radical (unpaired) electrons. The van der Waals surface area contributed by atoms with Gasteiger partial charge in [0, 0.05) is 7.92 Å². The lowest BCUT2D eigenvalue weighted by atomic mass is 10.1. The molecular weight excluding hydrogens is 343 g/mol. The van der Waals surface area contributed by atoms with Crippen LogP contribution in [0.25, 0.3) is 0 Å². The average Bonchev–Trinajstić information content (AvgIpc) is 2.63. The van der Waals surface area contributed by atoms with Gasteiger partial charge in [-0.15, -0.1) is 0 Å². The number of carbonyl (C=O) groups excluding carboxylic acids is 3. The first-order chi connectivity index (χ1) is 11.8. The molecule has 0 saturated heterocycles. The Balaban J connectivity index is 4.61. The predicted octanol–water partition coefficient (Wildman–Crippen LogP) is 4.11. The number of hydrogen-bond donors (Lipinski definition) is 0. The van der Waals surface area contributed by atoms with E-state index in [1.807, 2.05) is 20.8 Å². The molecule has 6 nitrogen and oxygen atoms in total. The first-order valence-electron chi connectivity index (χ1n) is 8.98. The van der Waals surface area contributed by atoms with Crippen LogP contribution in [-0.4, -0.2) is 37.0 Å². The molecule has 0 unspecified atom stereocenters. The summed E-state index contributed by atoms with van der Waals surface area (Å²) in [6.45, 7) is 11.1. The van der Waals surface area contributed by atoms with Crippen LogP contribution in [0.1, 0.15) is 60.8 Å². The molecule has 0 saturated carbocycles. The van der Waals surface area contributed by atoms with Gasteiger partial charge in [0.1, 0.15) is 19.0 Å². The maximum atomic E-state index is 11.8. The molecule has 0 fully saturated rings. The SMILES string of the molecule is CC[C@H](C)C(=O)OCP(COC(=O)[C@@H](C)CC)COC(=O)[C@@H](C)CC. The van der Waals surface area contributed by atoms with E-state index in [1.165, 1.54) is 0 Å². The topological polar surface area (TPSA) is 78.9 Å². The van der Waals surface area contributed by atoms with Gasteiger partial charge in [0.05, 0.1) is 17.8 Å². The molecule has 0 bridgehead atoms. The van der Waals surface area contributed by atoms with Crippen LogP contribution in [0.15, 0.2) is 0 Å². The van der Waals surface area contributed by atoms with Gasteiger partial charge in [-0.2, -0.15) is 0 Å². The Bertz CT molecular complexity index is 364. The molecule has 0 aromatic heterocycles. The predicted molar refractivity (Wildman–Crippen MR) is 98.2 cm³/mol. The van der Waals surface area contributed by atoms with E-state index in [0.717, 1.165) is 0 Å². The van der Waals surface area contributed by atoms with Crippen LogP contribution in [0, 0.1) is 17.8 Å². The third-order valence-electron chi connectivity index (χ3n) is 4.21. The third-order valence-corrected chi connectivity index (χ3v) is 5.70. The number of rotatable bonds is 12. The van der Waals surface area contributed by atoms with Gasteiger partial charge >= 0.3 is 17.9 Å². The third kappa shape index (κ3) is 9.78. The molecule has 0 spiro atoms. The van der Waals surface area contributed by atoms with Crippen molar-refractivity contribution in [2.45, 2.75) is 60.8 Å². The highest BCUT2D eigenvalue weighted by Gasteiger charge is 2.21. The van der Waals surface area contributed by atoms with E-state index in [1.54, 1.807) is 20.8 Å². The molecule has 0 N–H and O–H groups in total. The summed E-state index contributed by atoms with van der Waals surface area (Å²) in [5.74, 6) is -1.38. The highest BCUT2D eigenvalue weighted by molar-refractivity contribution is 7.57. The van der Waals surface area contributed by atoms with Crippen LogP contribution in [-0.2, 0) is 28.6 Å². The molecule has 0 aromatic rings. The fraction of sp³-hybridized carbons (Fsp3) is 0.833. The van der Waals surface area contributed by atoms with Gasteiger partial charge in [0.25, 0.3) is 0 Å². The van der Waals surface area contributed by atoms with E-state index in [0.29, 0.717) is 19.3 Å². The standard InChI is InChI=1S/C18H33O6P/c1-7-13(4)16(19)22-10-25(11-23-17(20)14(5)8-2)12-24-18(21)15(6)9-3/h13-15H,7-12H2,1-6H3/t13-,14-,15-/m0/s1. The molecule has 0 heterocycles. The highest BCUT2D eigenvalue weighted by Crippen LogP contribution is 2.36. The van der Waals surface area contributed by atoms with Gasteiger partial charge in [-0.1, -0.05) is 41.5 Å². The van der Waals surface area contributed by atoms with E-state index in [9.17, 15) is 14.4 Å². The summed E-state index contributed by atoms with van der Waals surface area (Å²) in [4.78, 5) is 35.5. The van der Waals surface area contributed by atoms with Crippen molar-refractivity contribution in [3.05, 3.63) is 0 Å². The van der Waals surface area contributed by atoms with Crippen LogP contribution in [0.2, 0.25) is 0 Å². The van der Waals surface area contributed by atoms with Crippen molar-refractivity contribution in [3.8, 4) is 0 Å². The molecule has 146 valence electrons. The van der Waals surface area contributed by atoms with Crippen LogP contribution in [0.4, 0.5) is 0 Å². The fourth-order valence-electron chi connectivity index (χ4n) is 1.50. The smallest absolute Gasteiger partial charge is 0.308 e. The van der Waals surface area contributed by atoms with Gasteiger partial charge < -0.3 is 14.2 Å². The number of ether oxygens (including phenoxy) is 3. The molecular formula is C18H33O6P. The molecule has 0 aliphatic rings. The second-order valence-electron chi connectivity index (χ2n) is 6.38. The van der Waals surface area contributed by atoms with Crippen LogP contribution in [0.5, 0.6) is 0 Å². The van der Waals surface area contributed by atoms with Gasteiger partial charge in [0.2, 0.25) is 0 Å². The zero-order chi connectivity index (χ0) is 19.4. The molecule has 0 aliphatic carbocycles. The summed E-state index contributed by atoms with van der Waals surface area (Å²) in [6, 6.07) is 0. The minimum Gasteiger partial charge on any atom is -0.461 e. The van der Waals surface area contributed by atoms with E-state index in [2.05, 4.69) is 0 Å². The number of carbonyl (C=O) groups is 3. The van der Waals surface area contributed by atoms with Crippen LogP contribution < -0.4 is 0 Å². The first-order valence-corrected chi connectivity index (χ1v) is 10.9. The normalized spacial score (nSPS) is 14.5. The van der Waals surface area contributed by atoms with Gasteiger partial charge in [-0.25, -0.2) is 0 Å². The summed E-state index contributed by atoms with van der Waals surface area (Å²) >= 11 is 0. The fourth-order valence-corrected chi connectivity index (χ4v) is 2.66. The zero-order valence-electron chi connectivity index (χ0n) is 16.4. The van der Waals surface area contributed by atoms with E-state index >= 15 is 0 Å². The van der Waals surface area contributed by atoms with Crippen molar-refractivity contribution in [2.75, 3.05) is 19.0 Å². The monoisotopic (exact) mass is 376 g/mol. The summed E-state index contributed by atoms with van der Waals surface area (Å²) in [5.41, 5.74) is 0. The Morgan fingerprint density at radius 1 is 0.640 bits per heavy atom. The van der Waals surface area contributed by atoms with E-state index in [-0.39, 0.29) is 54.7 Å². The summed E-state index contributed by atoms with van der Waals surface area (Å²) in [5, 5.41) is 0. The summed E-state index contributed by atoms with van der Waals surface area (Å²) < 4.78 is 15.9. The largest absolute Gasteiger partial charge is 0.461 e. The Hall–Kier alpha value is -1.16. The number of esters is 3. The lowest BCUT2D eigenvalue weighted by Gasteiger charge is -2.20. The highest BCUT2D eigenvalue weighted by atomic mass is 31.1. The van der Waals surface area contributed by atoms with Crippen molar-refractivity contribution in [3.63, 3.8) is 0 Å². The van der Waals surface area contributed by atoms with Crippen molar-refractivity contribution in [1.29, 1.82) is 0 Å². The molecule has 25 heavy (non-hydrogen) atoms. The second kappa shape index (κ2) is 13.1. The Kier molecular flexibility index (Phi) is 12.5. The van der Waals surface area contributed by atoms with E-state index in [4.69, 9.17) is 14.2 Å². The van der Waals surface area contributed by atoms with Gasteiger partial charge in [0.15, 0.2) is 0 Å². The van der Waals surface area contributed by atoms with E-state index < -0.39 is 7.92 Å². The van der Waals surface area contributed by atoms with Crippen molar-refractivity contribution in [2.24, 2.45) is 17.8 Å². The Morgan fingerprint density at radius 2 is 0.880 bits per heavy atom. The van der Waals surface area contributed by atoms with Gasteiger partial charge in [-0.3, -0.25) is 14.4 Å². The molecule has 0 aromatic carbocycles. The molecule has 0 aliphatic heterocycles. The summed E-state index contributed by atoms with van der Waals surface area (Å²) in [6.07, 6.45) is 2.47. The number of hydrogen-bond acceptors (Lipinski definition) is 6. The van der Waals surface area contributed by atoms with Gasteiger partial charge in [-0.05, 0) is 19.3 Å². The zero-order valence-corrected chi connectivity index (χ0v) is 17.3. The molecule has 3 atom stereocenters. The first kappa shape index (κ1) is 23.8. The van der Waals surface area contributed by atoms with Crippen molar-refractivity contribution in [1.82, 2.24) is 0 Å². The summed E-state index contributed by atoms with van der Waals surface area (Å²) in [7, 11) is -1.08. The minimum absolute atomic E-state index is 0.125. The second-order valence-corrected chi connectivity index (χ2v) is 8.49. The lowest BCUT2D eigenvalue weighted by Crippen LogP contribution is -2.20. The maximum absolute atomic E-state index is 11.8. The average molecular weight is 376 g/mol. The molecule has 0 rings (SSSR count). The quantitative estimate of drug-likeness (QED) is 0.290. The molecule has 0 amide bonds. The Labute approximate surface area is 152 Å².